The maximum Gasteiger partial charge on any atom is 0.272 e. The minimum Gasteiger partial charge on any atom is -0.346 e. The molecule has 3 aromatic rings. The fourth-order valence-electron chi connectivity index (χ4n) is 2.47. The fraction of sp³-hybridized carbons (Fsp3) is 0.250. The van der Waals surface area contributed by atoms with Gasteiger partial charge in [0, 0.05) is 30.4 Å². The summed E-state index contributed by atoms with van der Waals surface area (Å²) >= 11 is 0. The predicted octanol–water partition coefficient (Wildman–Crippen LogP) is 1.33. The largest absolute Gasteiger partial charge is 0.346 e. The van der Waals surface area contributed by atoms with Gasteiger partial charge in [0.15, 0.2) is 5.69 Å². The van der Waals surface area contributed by atoms with Crippen molar-refractivity contribution in [1.82, 2.24) is 25.1 Å². The molecule has 1 amide bonds. The van der Waals surface area contributed by atoms with Crippen LogP contribution in [0.5, 0.6) is 0 Å². The van der Waals surface area contributed by atoms with Crippen LogP contribution in [0.4, 0.5) is 0 Å². The number of nitrogens with one attached hydrogen (secondary N) is 2. The van der Waals surface area contributed by atoms with Gasteiger partial charge >= 0.3 is 0 Å². The van der Waals surface area contributed by atoms with Crippen molar-refractivity contribution in [2.75, 3.05) is 0 Å². The van der Waals surface area contributed by atoms with Crippen LogP contribution >= 0.6 is 0 Å². The molecule has 0 fully saturated rings. The maximum absolute atomic E-state index is 12.5. The van der Waals surface area contributed by atoms with Crippen molar-refractivity contribution in [3.63, 3.8) is 0 Å². The van der Waals surface area contributed by atoms with E-state index in [0.717, 1.165) is 6.42 Å². The number of aromatic nitrogens is 4. The average molecular weight is 311 g/mol. The van der Waals surface area contributed by atoms with Gasteiger partial charge in [0.05, 0.1) is 11.7 Å². The molecule has 0 spiro atoms. The van der Waals surface area contributed by atoms with Crippen molar-refractivity contribution in [1.29, 1.82) is 0 Å². The zero-order valence-corrected chi connectivity index (χ0v) is 12.7. The lowest BCUT2D eigenvalue weighted by atomic mass is 10.1. The van der Waals surface area contributed by atoms with Gasteiger partial charge in [-0.25, -0.2) is 10.1 Å². The summed E-state index contributed by atoms with van der Waals surface area (Å²) in [4.78, 5) is 28.3. The second-order valence-electron chi connectivity index (χ2n) is 5.29. The van der Waals surface area contributed by atoms with Crippen molar-refractivity contribution in [3.8, 4) is 0 Å². The average Bonchev–Trinajstić information content (AvgIpc) is 3.07. The van der Waals surface area contributed by atoms with Crippen LogP contribution in [0.2, 0.25) is 0 Å². The monoisotopic (exact) mass is 311 g/mol. The van der Waals surface area contributed by atoms with Crippen molar-refractivity contribution in [2.45, 2.75) is 25.9 Å². The number of nitrogens with zero attached hydrogens (tertiary/aromatic N) is 3. The highest BCUT2D eigenvalue weighted by molar-refractivity contribution is 6.04. The molecular weight excluding hydrogens is 294 g/mol. The first-order valence-electron chi connectivity index (χ1n) is 7.43. The summed E-state index contributed by atoms with van der Waals surface area (Å²) in [5, 5.41) is 10.3. The van der Waals surface area contributed by atoms with Gasteiger partial charge in [-0.3, -0.25) is 9.59 Å². The smallest absolute Gasteiger partial charge is 0.272 e. The van der Waals surface area contributed by atoms with Crippen LogP contribution in [0.3, 0.4) is 0 Å². The van der Waals surface area contributed by atoms with Crippen LogP contribution in [-0.4, -0.2) is 31.7 Å². The third kappa shape index (κ3) is 3.13. The molecule has 2 aromatic heterocycles. The molecule has 0 bridgehead atoms. The molecular formula is C16H17N5O2. The Morgan fingerprint density at radius 1 is 1.35 bits per heavy atom. The van der Waals surface area contributed by atoms with Gasteiger partial charge in [0.1, 0.15) is 0 Å². The van der Waals surface area contributed by atoms with E-state index in [-0.39, 0.29) is 23.2 Å². The van der Waals surface area contributed by atoms with Gasteiger partial charge in [-0.2, -0.15) is 5.10 Å². The zero-order valence-electron chi connectivity index (χ0n) is 12.7. The lowest BCUT2D eigenvalue weighted by molar-refractivity contribution is 0.0927. The predicted molar refractivity (Wildman–Crippen MR) is 86.1 cm³/mol. The normalized spacial score (nSPS) is 12.2. The van der Waals surface area contributed by atoms with Gasteiger partial charge in [-0.1, -0.05) is 25.1 Å². The third-order valence-corrected chi connectivity index (χ3v) is 3.73. The molecule has 3 rings (SSSR count). The number of fused-ring (bicyclic) bond motifs is 1. The lowest BCUT2D eigenvalue weighted by Crippen LogP contribution is -2.38. The number of rotatable bonds is 5. The third-order valence-electron chi connectivity index (χ3n) is 3.73. The second-order valence-corrected chi connectivity index (χ2v) is 5.29. The van der Waals surface area contributed by atoms with E-state index >= 15 is 0 Å². The van der Waals surface area contributed by atoms with Crippen LogP contribution in [0.25, 0.3) is 10.8 Å². The quantitative estimate of drug-likeness (QED) is 0.743. The number of carbonyl (C=O) groups excluding carboxylic acids is 1. The van der Waals surface area contributed by atoms with Crippen molar-refractivity contribution in [3.05, 3.63) is 59.0 Å². The van der Waals surface area contributed by atoms with Gasteiger partial charge in [0.25, 0.3) is 11.5 Å². The summed E-state index contributed by atoms with van der Waals surface area (Å²) in [6, 6.07) is 6.89. The number of benzene rings is 1. The molecule has 0 saturated carbocycles. The number of amides is 1. The first kappa shape index (κ1) is 15.0. The minimum absolute atomic E-state index is 0.0517. The summed E-state index contributed by atoms with van der Waals surface area (Å²) in [5.41, 5.74) is -0.0770. The van der Waals surface area contributed by atoms with Gasteiger partial charge in [0.2, 0.25) is 0 Å². The minimum atomic E-state index is -0.303. The van der Waals surface area contributed by atoms with Crippen LogP contribution in [0, 0.1) is 0 Å². The van der Waals surface area contributed by atoms with Crippen molar-refractivity contribution < 1.29 is 4.79 Å². The topological polar surface area (TPSA) is 92.7 Å². The van der Waals surface area contributed by atoms with E-state index in [2.05, 4.69) is 20.5 Å². The van der Waals surface area contributed by atoms with Crippen molar-refractivity contribution in [2.24, 2.45) is 0 Å². The van der Waals surface area contributed by atoms with E-state index in [4.69, 9.17) is 0 Å². The number of hydrogen-bond donors (Lipinski definition) is 2. The van der Waals surface area contributed by atoms with E-state index in [0.29, 0.717) is 17.3 Å². The van der Waals surface area contributed by atoms with E-state index in [9.17, 15) is 9.59 Å². The molecule has 0 aliphatic carbocycles. The van der Waals surface area contributed by atoms with Crippen LogP contribution in [-0.2, 0) is 6.54 Å². The second kappa shape index (κ2) is 6.43. The molecule has 7 heteroatoms. The standard InChI is InChI=1S/C16H17N5O2/c1-2-11(9-21-8-7-17-10-21)18-16(23)14-12-5-3-4-6-13(12)15(22)20-19-14/h3-8,10-11H,2,9H2,1H3,(H,18,23)(H,20,22). The Balaban J connectivity index is 1.85. The molecule has 1 aromatic carbocycles. The summed E-state index contributed by atoms with van der Waals surface area (Å²) in [5.74, 6) is -0.301. The molecule has 0 aliphatic heterocycles. The Labute approximate surface area is 132 Å². The molecule has 7 nitrogen and oxygen atoms in total. The van der Waals surface area contributed by atoms with E-state index in [1.165, 1.54) is 0 Å². The molecule has 1 unspecified atom stereocenters. The number of hydrogen-bond acceptors (Lipinski definition) is 4. The molecule has 0 saturated heterocycles. The summed E-state index contributed by atoms with van der Waals surface area (Å²) in [6.45, 7) is 2.63. The molecule has 23 heavy (non-hydrogen) atoms. The number of imidazole rings is 1. The Hall–Kier alpha value is -2.96. The van der Waals surface area contributed by atoms with Crippen molar-refractivity contribution >= 4 is 16.7 Å². The molecule has 0 aliphatic rings. The zero-order chi connectivity index (χ0) is 16.2. The van der Waals surface area contributed by atoms with Crippen LogP contribution in [0.15, 0.2) is 47.8 Å². The van der Waals surface area contributed by atoms with E-state index in [1.807, 2.05) is 17.7 Å². The van der Waals surface area contributed by atoms with E-state index in [1.54, 1.807) is 36.8 Å². The Bertz CT molecular complexity index is 870. The summed E-state index contributed by atoms with van der Waals surface area (Å²) in [7, 11) is 0. The lowest BCUT2D eigenvalue weighted by Gasteiger charge is -2.17. The molecule has 2 N–H and O–H groups in total. The Morgan fingerprint density at radius 3 is 2.83 bits per heavy atom. The Kier molecular flexibility index (Phi) is 4.18. The highest BCUT2D eigenvalue weighted by Gasteiger charge is 2.17. The van der Waals surface area contributed by atoms with Crippen LogP contribution in [0.1, 0.15) is 23.8 Å². The molecule has 1 atom stereocenters. The van der Waals surface area contributed by atoms with E-state index < -0.39 is 0 Å². The first-order valence-corrected chi connectivity index (χ1v) is 7.43. The molecule has 0 radical (unpaired) electrons. The molecule has 2 heterocycles. The highest BCUT2D eigenvalue weighted by atomic mass is 16.2. The summed E-state index contributed by atoms with van der Waals surface area (Å²) in [6.07, 6.45) is 6.03. The Morgan fingerprint density at radius 2 is 2.13 bits per heavy atom. The number of H-pyrrole nitrogens is 1. The maximum atomic E-state index is 12.5. The van der Waals surface area contributed by atoms with Gasteiger partial charge in [-0.05, 0) is 12.5 Å². The molecule has 118 valence electrons. The SMILES string of the molecule is CCC(Cn1ccnc1)NC(=O)c1n[nH]c(=O)c2ccccc12. The summed E-state index contributed by atoms with van der Waals surface area (Å²) < 4.78 is 1.91. The first-order chi connectivity index (χ1) is 11.2. The van der Waals surface area contributed by atoms with Crippen LogP contribution < -0.4 is 10.9 Å². The van der Waals surface area contributed by atoms with Gasteiger partial charge in [-0.15, -0.1) is 0 Å². The number of carbonyl (C=O) groups is 1. The highest BCUT2D eigenvalue weighted by Crippen LogP contribution is 2.12. The van der Waals surface area contributed by atoms with Gasteiger partial charge < -0.3 is 9.88 Å². The number of aromatic amines is 1. The fourth-order valence-corrected chi connectivity index (χ4v) is 2.47.